The first-order valence-electron chi connectivity index (χ1n) is 5.12. The van der Waals surface area contributed by atoms with Gasteiger partial charge in [0.15, 0.2) is 0 Å². The molecule has 0 aliphatic rings. The van der Waals surface area contributed by atoms with Crippen molar-refractivity contribution in [1.82, 2.24) is 5.32 Å². The Balaban J connectivity index is 2.85. The van der Waals surface area contributed by atoms with Crippen molar-refractivity contribution in [3.8, 4) is 0 Å². The molecule has 0 radical (unpaired) electrons. The SMILES string of the molecule is CCC(=O)NC(C)(C)c1ccc(N)cc1. The number of hydrogen-bond donors (Lipinski definition) is 2. The highest BCUT2D eigenvalue weighted by Gasteiger charge is 2.21. The largest absolute Gasteiger partial charge is 0.399 e. The van der Waals surface area contributed by atoms with Crippen LogP contribution in [-0.4, -0.2) is 5.91 Å². The first kappa shape index (κ1) is 11.6. The van der Waals surface area contributed by atoms with Crippen LogP contribution in [0.5, 0.6) is 0 Å². The zero-order chi connectivity index (χ0) is 11.5. The zero-order valence-electron chi connectivity index (χ0n) is 9.50. The standard InChI is InChI=1S/C12H18N2O/c1-4-11(15)14-12(2,3)9-5-7-10(13)8-6-9/h5-8H,4,13H2,1-3H3,(H,14,15). The molecule has 0 atom stereocenters. The van der Waals surface area contributed by atoms with Crippen molar-refractivity contribution in [1.29, 1.82) is 0 Å². The molecule has 0 saturated carbocycles. The minimum atomic E-state index is -0.346. The van der Waals surface area contributed by atoms with Crippen LogP contribution >= 0.6 is 0 Å². The highest BCUT2D eigenvalue weighted by Crippen LogP contribution is 2.20. The van der Waals surface area contributed by atoms with Gasteiger partial charge in [0.05, 0.1) is 5.54 Å². The molecule has 1 rings (SSSR count). The van der Waals surface area contributed by atoms with Gasteiger partial charge < -0.3 is 11.1 Å². The van der Waals surface area contributed by atoms with Crippen molar-refractivity contribution in [2.75, 3.05) is 5.73 Å². The lowest BCUT2D eigenvalue weighted by molar-refractivity contribution is -0.122. The number of benzene rings is 1. The summed E-state index contributed by atoms with van der Waals surface area (Å²) >= 11 is 0. The summed E-state index contributed by atoms with van der Waals surface area (Å²) in [7, 11) is 0. The smallest absolute Gasteiger partial charge is 0.220 e. The second-order valence-electron chi connectivity index (χ2n) is 4.15. The number of nitrogens with two attached hydrogens (primary N) is 1. The second kappa shape index (κ2) is 4.34. The van der Waals surface area contributed by atoms with E-state index in [1.807, 2.05) is 45.0 Å². The van der Waals surface area contributed by atoms with Gasteiger partial charge in [-0.1, -0.05) is 19.1 Å². The van der Waals surface area contributed by atoms with Crippen LogP contribution in [0.15, 0.2) is 24.3 Å². The molecule has 0 aromatic heterocycles. The Labute approximate surface area is 90.7 Å². The Morgan fingerprint density at radius 1 is 1.33 bits per heavy atom. The first-order valence-corrected chi connectivity index (χ1v) is 5.12. The average Bonchev–Trinajstić information content (AvgIpc) is 2.17. The molecular weight excluding hydrogens is 188 g/mol. The third kappa shape index (κ3) is 2.98. The van der Waals surface area contributed by atoms with Crippen molar-refractivity contribution >= 4 is 11.6 Å². The minimum absolute atomic E-state index is 0.0526. The molecular formula is C12H18N2O. The summed E-state index contributed by atoms with van der Waals surface area (Å²) in [6, 6.07) is 7.56. The average molecular weight is 206 g/mol. The fourth-order valence-electron chi connectivity index (χ4n) is 1.41. The molecule has 0 fully saturated rings. The van der Waals surface area contributed by atoms with E-state index in [0.717, 1.165) is 11.3 Å². The van der Waals surface area contributed by atoms with Crippen LogP contribution in [0.3, 0.4) is 0 Å². The van der Waals surface area contributed by atoms with Crippen LogP contribution in [0.1, 0.15) is 32.8 Å². The van der Waals surface area contributed by atoms with Gasteiger partial charge in [0.25, 0.3) is 0 Å². The number of hydrogen-bond acceptors (Lipinski definition) is 2. The van der Waals surface area contributed by atoms with Gasteiger partial charge in [-0.2, -0.15) is 0 Å². The molecule has 0 bridgehead atoms. The van der Waals surface area contributed by atoms with E-state index < -0.39 is 0 Å². The molecule has 1 aromatic rings. The number of amides is 1. The van der Waals surface area contributed by atoms with Gasteiger partial charge in [-0.15, -0.1) is 0 Å². The molecule has 3 nitrogen and oxygen atoms in total. The molecule has 0 unspecified atom stereocenters. The Hall–Kier alpha value is -1.51. The van der Waals surface area contributed by atoms with E-state index in [2.05, 4.69) is 5.32 Å². The van der Waals surface area contributed by atoms with Crippen molar-refractivity contribution < 1.29 is 4.79 Å². The molecule has 1 amide bonds. The second-order valence-corrected chi connectivity index (χ2v) is 4.15. The molecule has 0 aliphatic carbocycles. The lowest BCUT2D eigenvalue weighted by Gasteiger charge is -2.26. The van der Waals surface area contributed by atoms with Crippen LogP contribution in [-0.2, 0) is 10.3 Å². The summed E-state index contributed by atoms with van der Waals surface area (Å²) in [5, 5.41) is 2.96. The quantitative estimate of drug-likeness (QED) is 0.743. The summed E-state index contributed by atoms with van der Waals surface area (Å²) in [5.41, 5.74) is 7.05. The van der Waals surface area contributed by atoms with E-state index in [0.29, 0.717) is 6.42 Å². The van der Waals surface area contributed by atoms with Gasteiger partial charge in [0.1, 0.15) is 0 Å². The topological polar surface area (TPSA) is 55.1 Å². The summed E-state index contributed by atoms with van der Waals surface area (Å²) < 4.78 is 0. The molecule has 0 aliphatic heterocycles. The number of nitrogens with one attached hydrogen (secondary N) is 1. The maximum absolute atomic E-state index is 11.3. The van der Waals surface area contributed by atoms with E-state index >= 15 is 0 Å². The monoisotopic (exact) mass is 206 g/mol. The molecule has 0 spiro atoms. The van der Waals surface area contributed by atoms with Crippen molar-refractivity contribution in [2.24, 2.45) is 0 Å². The van der Waals surface area contributed by atoms with E-state index in [1.165, 1.54) is 0 Å². The summed E-state index contributed by atoms with van der Waals surface area (Å²) in [6.07, 6.45) is 0.498. The van der Waals surface area contributed by atoms with E-state index in [1.54, 1.807) is 0 Å². The van der Waals surface area contributed by atoms with Crippen LogP contribution in [0, 0.1) is 0 Å². The number of rotatable bonds is 3. The van der Waals surface area contributed by atoms with Crippen LogP contribution in [0.2, 0.25) is 0 Å². The van der Waals surface area contributed by atoms with Gasteiger partial charge in [-0.05, 0) is 31.5 Å². The van der Waals surface area contributed by atoms with Gasteiger partial charge in [-0.3, -0.25) is 4.79 Å². The Kier molecular flexibility index (Phi) is 3.35. The third-order valence-electron chi connectivity index (χ3n) is 2.41. The van der Waals surface area contributed by atoms with Crippen LogP contribution in [0.25, 0.3) is 0 Å². The van der Waals surface area contributed by atoms with Gasteiger partial charge in [-0.25, -0.2) is 0 Å². The van der Waals surface area contributed by atoms with Crippen LogP contribution < -0.4 is 11.1 Å². The summed E-state index contributed by atoms with van der Waals surface area (Å²) in [5.74, 6) is 0.0526. The molecule has 1 aromatic carbocycles. The normalized spacial score (nSPS) is 11.1. The van der Waals surface area contributed by atoms with Gasteiger partial charge in [0, 0.05) is 12.1 Å². The number of anilines is 1. The molecule has 3 N–H and O–H groups in total. The summed E-state index contributed by atoms with van der Waals surface area (Å²) in [4.78, 5) is 11.3. The molecule has 0 heterocycles. The number of carbonyl (C=O) groups excluding carboxylic acids is 1. The maximum atomic E-state index is 11.3. The Bertz CT molecular complexity index is 341. The minimum Gasteiger partial charge on any atom is -0.399 e. The van der Waals surface area contributed by atoms with Crippen molar-refractivity contribution in [3.63, 3.8) is 0 Å². The lowest BCUT2D eigenvalue weighted by Crippen LogP contribution is -2.40. The first-order chi connectivity index (χ1) is 6.95. The molecule has 3 heteroatoms. The summed E-state index contributed by atoms with van der Waals surface area (Å²) in [6.45, 7) is 5.80. The van der Waals surface area contributed by atoms with Gasteiger partial charge >= 0.3 is 0 Å². The molecule has 15 heavy (non-hydrogen) atoms. The predicted octanol–water partition coefficient (Wildman–Crippen LogP) is 2.03. The fraction of sp³-hybridized carbons (Fsp3) is 0.417. The number of nitrogen functional groups attached to an aromatic ring is 1. The van der Waals surface area contributed by atoms with Crippen molar-refractivity contribution in [3.05, 3.63) is 29.8 Å². The van der Waals surface area contributed by atoms with Crippen LogP contribution in [0.4, 0.5) is 5.69 Å². The highest BCUT2D eigenvalue weighted by atomic mass is 16.1. The number of carbonyl (C=O) groups is 1. The van der Waals surface area contributed by atoms with E-state index in [9.17, 15) is 4.79 Å². The van der Waals surface area contributed by atoms with Gasteiger partial charge in [0.2, 0.25) is 5.91 Å². The third-order valence-corrected chi connectivity index (χ3v) is 2.41. The van der Waals surface area contributed by atoms with E-state index in [4.69, 9.17) is 5.73 Å². The Morgan fingerprint density at radius 3 is 2.33 bits per heavy atom. The Morgan fingerprint density at radius 2 is 1.87 bits per heavy atom. The van der Waals surface area contributed by atoms with E-state index in [-0.39, 0.29) is 11.4 Å². The lowest BCUT2D eigenvalue weighted by atomic mass is 9.94. The fourth-order valence-corrected chi connectivity index (χ4v) is 1.41. The predicted molar refractivity (Wildman–Crippen MR) is 62.3 cm³/mol. The maximum Gasteiger partial charge on any atom is 0.220 e. The highest BCUT2D eigenvalue weighted by molar-refractivity contribution is 5.76. The van der Waals surface area contributed by atoms with Crippen molar-refractivity contribution in [2.45, 2.75) is 32.7 Å². The zero-order valence-corrected chi connectivity index (χ0v) is 9.50. The molecule has 82 valence electrons. The molecule has 0 saturated heterocycles.